The van der Waals surface area contributed by atoms with Gasteiger partial charge in [0.1, 0.15) is 0 Å². The second-order valence-electron chi connectivity index (χ2n) is 2.23. The highest BCUT2D eigenvalue weighted by Crippen LogP contribution is 2.18. The molecular formula is C7H5BrN2O. The number of aromatic nitrogens is 2. The van der Waals surface area contributed by atoms with Gasteiger partial charge in [-0.15, -0.1) is 0 Å². The van der Waals surface area contributed by atoms with Crippen LogP contribution in [-0.4, -0.2) is 9.97 Å². The highest BCUT2D eigenvalue weighted by molar-refractivity contribution is 9.10. The Morgan fingerprint density at radius 2 is 2.18 bits per heavy atom. The minimum absolute atomic E-state index is 0.0735. The lowest BCUT2D eigenvalue weighted by Crippen LogP contribution is -2.03. The highest BCUT2D eigenvalue weighted by Gasteiger charge is 2.02. The molecule has 0 saturated heterocycles. The molecule has 2 aromatic rings. The number of hydrogen-bond acceptors (Lipinski definition) is 1. The molecule has 0 bridgehead atoms. The maximum atomic E-state index is 11.2. The zero-order valence-corrected chi connectivity index (χ0v) is 7.10. The van der Waals surface area contributed by atoms with Gasteiger partial charge < -0.3 is 9.97 Å². The molecule has 0 aliphatic carbocycles. The Hall–Kier alpha value is -1.03. The second kappa shape index (κ2) is 2.23. The molecule has 0 unspecified atom stereocenters. The minimum Gasteiger partial charge on any atom is -0.360 e. The van der Waals surface area contributed by atoms with Crippen molar-refractivity contribution >= 4 is 26.8 Å². The number of rotatable bonds is 0. The van der Waals surface area contributed by atoms with Gasteiger partial charge in [0.05, 0.1) is 10.9 Å². The summed E-state index contributed by atoms with van der Waals surface area (Å²) in [6.45, 7) is 0. The van der Waals surface area contributed by atoms with Crippen molar-refractivity contribution in [3.05, 3.63) is 33.3 Å². The molecule has 0 amide bonds. The molecule has 0 fully saturated rings. The topological polar surface area (TPSA) is 48.6 Å². The van der Waals surface area contributed by atoms with Gasteiger partial charge in [-0.3, -0.25) is 4.79 Å². The van der Waals surface area contributed by atoms with Crippen LogP contribution in [0.2, 0.25) is 0 Å². The lowest BCUT2D eigenvalue weighted by Gasteiger charge is -1.86. The van der Waals surface area contributed by atoms with E-state index in [2.05, 4.69) is 25.9 Å². The van der Waals surface area contributed by atoms with E-state index >= 15 is 0 Å². The first kappa shape index (κ1) is 6.67. The first-order valence-electron chi connectivity index (χ1n) is 3.13. The Balaban J connectivity index is 3.08. The van der Waals surface area contributed by atoms with Crippen LogP contribution in [0.5, 0.6) is 0 Å². The van der Waals surface area contributed by atoms with E-state index in [1.165, 1.54) is 0 Å². The van der Waals surface area contributed by atoms with E-state index in [1.54, 1.807) is 12.4 Å². The predicted molar refractivity (Wildman–Crippen MR) is 46.6 cm³/mol. The summed E-state index contributed by atoms with van der Waals surface area (Å²) in [5, 5.41) is 0.674. The van der Waals surface area contributed by atoms with Gasteiger partial charge in [0.2, 0.25) is 0 Å². The lowest BCUT2D eigenvalue weighted by atomic mass is 10.3. The Labute approximate surface area is 70.6 Å². The zero-order chi connectivity index (χ0) is 7.84. The van der Waals surface area contributed by atoms with Gasteiger partial charge in [0, 0.05) is 16.9 Å². The van der Waals surface area contributed by atoms with Crippen molar-refractivity contribution < 1.29 is 0 Å². The summed E-state index contributed by atoms with van der Waals surface area (Å²) < 4.78 is 0.800. The summed E-state index contributed by atoms with van der Waals surface area (Å²) in [5.74, 6) is 0. The van der Waals surface area contributed by atoms with Crippen molar-refractivity contribution in [1.29, 1.82) is 0 Å². The van der Waals surface area contributed by atoms with Crippen molar-refractivity contribution in [3.63, 3.8) is 0 Å². The maximum Gasteiger partial charge on any atom is 0.258 e. The van der Waals surface area contributed by atoms with Gasteiger partial charge in [-0.2, -0.15) is 0 Å². The monoisotopic (exact) mass is 212 g/mol. The van der Waals surface area contributed by atoms with Crippen molar-refractivity contribution in [2.45, 2.75) is 0 Å². The van der Waals surface area contributed by atoms with Crippen molar-refractivity contribution in [1.82, 2.24) is 9.97 Å². The number of H-pyrrole nitrogens is 2. The van der Waals surface area contributed by atoms with Gasteiger partial charge in [0.15, 0.2) is 0 Å². The first-order chi connectivity index (χ1) is 5.29. The Morgan fingerprint density at radius 1 is 1.36 bits per heavy atom. The second-order valence-corrected chi connectivity index (χ2v) is 3.09. The number of fused-ring (bicyclic) bond motifs is 1. The van der Waals surface area contributed by atoms with E-state index in [1.807, 2.05) is 6.07 Å². The molecule has 0 aliphatic rings. The van der Waals surface area contributed by atoms with Crippen molar-refractivity contribution in [3.8, 4) is 0 Å². The molecule has 2 rings (SSSR count). The fourth-order valence-corrected chi connectivity index (χ4v) is 1.56. The molecule has 4 heteroatoms. The Kier molecular flexibility index (Phi) is 1.35. The van der Waals surface area contributed by atoms with E-state index in [0.717, 1.165) is 9.99 Å². The van der Waals surface area contributed by atoms with Crippen LogP contribution < -0.4 is 5.56 Å². The summed E-state index contributed by atoms with van der Waals surface area (Å²) in [4.78, 5) is 16.7. The normalized spacial score (nSPS) is 10.6. The molecule has 2 N–H and O–H groups in total. The quantitative estimate of drug-likeness (QED) is 0.686. The lowest BCUT2D eigenvalue weighted by molar-refractivity contribution is 1.27. The van der Waals surface area contributed by atoms with Crippen molar-refractivity contribution in [2.75, 3.05) is 0 Å². The van der Waals surface area contributed by atoms with Crippen LogP contribution in [0.1, 0.15) is 0 Å². The third-order valence-electron chi connectivity index (χ3n) is 1.55. The summed E-state index contributed by atoms with van der Waals surface area (Å²) in [6.07, 6.45) is 3.37. The van der Waals surface area contributed by atoms with Crippen LogP contribution in [0.15, 0.2) is 27.7 Å². The molecule has 3 nitrogen and oxygen atoms in total. The van der Waals surface area contributed by atoms with E-state index in [-0.39, 0.29) is 5.56 Å². The summed E-state index contributed by atoms with van der Waals surface area (Å²) in [7, 11) is 0. The van der Waals surface area contributed by atoms with Gasteiger partial charge in [-0.25, -0.2) is 0 Å². The minimum atomic E-state index is -0.0735. The number of hydrogen-bond donors (Lipinski definition) is 2. The number of pyridine rings is 1. The Bertz CT molecular complexity index is 443. The van der Waals surface area contributed by atoms with Crippen LogP contribution in [0.4, 0.5) is 0 Å². The van der Waals surface area contributed by atoms with Crippen LogP contribution in [0, 0.1) is 0 Å². The summed E-state index contributed by atoms with van der Waals surface area (Å²) in [5.41, 5.74) is 0.774. The molecule has 0 saturated carbocycles. The summed E-state index contributed by atoms with van der Waals surface area (Å²) in [6, 6.07) is 1.82. The smallest absolute Gasteiger partial charge is 0.258 e. The number of nitrogens with one attached hydrogen (secondary N) is 2. The van der Waals surface area contributed by atoms with Crippen LogP contribution in [0.25, 0.3) is 10.9 Å². The fourth-order valence-electron chi connectivity index (χ4n) is 1.05. The van der Waals surface area contributed by atoms with Gasteiger partial charge >= 0.3 is 0 Å². The predicted octanol–water partition coefficient (Wildman–Crippen LogP) is 1.62. The summed E-state index contributed by atoms with van der Waals surface area (Å²) >= 11 is 3.27. The molecule has 0 atom stereocenters. The molecule has 2 aromatic heterocycles. The molecule has 11 heavy (non-hydrogen) atoms. The molecule has 0 aromatic carbocycles. The molecule has 0 spiro atoms. The average Bonchev–Trinajstić information content (AvgIpc) is 2.34. The average molecular weight is 213 g/mol. The fraction of sp³-hybridized carbons (Fsp3) is 0. The van der Waals surface area contributed by atoms with E-state index in [0.29, 0.717) is 5.39 Å². The van der Waals surface area contributed by atoms with Gasteiger partial charge in [-0.1, -0.05) is 0 Å². The maximum absolute atomic E-state index is 11.2. The number of halogens is 1. The third kappa shape index (κ3) is 0.903. The first-order valence-corrected chi connectivity index (χ1v) is 3.92. The van der Waals surface area contributed by atoms with Gasteiger partial charge in [-0.05, 0) is 22.0 Å². The van der Waals surface area contributed by atoms with Crippen molar-refractivity contribution in [2.24, 2.45) is 0 Å². The van der Waals surface area contributed by atoms with Crippen LogP contribution >= 0.6 is 15.9 Å². The Morgan fingerprint density at radius 3 is 2.91 bits per heavy atom. The third-order valence-corrected chi connectivity index (χ3v) is 2.18. The molecule has 56 valence electrons. The van der Waals surface area contributed by atoms with Gasteiger partial charge in [0.25, 0.3) is 5.56 Å². The molecular weight excluding hydrogens is 208 g/mol. The molecule has 2 heterocycles. The standard InChI is InChI=1S/C7H5BrN2O/c8-4-3-10-5-1-2-9-7(11)6(4)5/h1-3,10H,(H,9,11). The molecule has 0 radical (unpaired) electrons. The van der Waals surface area contributed by atoms with E-state index in [4.69, 9.17) is 0 Å². The highest BCUT2D eigenvalue weighted by atomic mass is 79.9. The van der Waals surface area contributed by atoms with E-state index in [9.17, 15) is 4.79 Å². The van der Waals surface area contributed by atoms with Crippen LogP contribution in [-0.2, 0) is 0 Å². The molecule has 0 aliphatic heterocycles. The number of aromatic amines is 2. The van der Waals surface area contributed by atoms with E-state index < -0.39 is 0 Å². The largest absolute Gasteiger partial charge is 0.360 e. The zero-order valence-electron chi connectivity index (χ0n) is 5.52. The SMILES string of the molecule is O=c1[nH]ccc2[nH]cc(Br)c12. The van der Waals surface area contributed by atoms with Crippen LogP contribution in [0.3, 0.4) is 0 Å².